The van der Waals surface area contributed by atoms with Crippen molar-refractivity contribution in [3.05, 3.63) is 59.7 Å². The molecule has 0 aromatic heterocycles. The minimum Gasteiger partial charge on any atom is -0.479 e. The summed E-state index contributed by atoms with van der Waals surface area (Å²) < 4.78 is 5.07. The Kier molecular flexibility index (Phi) is 5.36. The average molecular weight is 301 g/mol. The van der Waals surface area contributed by atoms with Gasteiger partial charge in [0.05, 0.1) is 0 Å². The molecule has 2 N–H and O–H groups in total. The second kappa shape index (κ2) is 7.45. The third kappa shape index (κ3) is 4.48. The third-order valence-corrected chi connectivity index (χ3v) is 3.40. The van der Waals surface area contributed by atoms with E-state index in [0.29, 0.717) is 12.0 Å². The maximum atomic E-state index is 11.8. The van der Waals surface area contributed by atoms with Gasteiger partial charge in [0.25, 0.3) is 0 Å². The van der Waals surface area contributed by atoms with Gasteiger partial charge >= 0.3 is 12.1 Å². The topological polar surface area (TPSA) is 75.6 Å². The molecule has 0 spiro atoms. The molecule has 0 radical (unpaired) electrons. The van der Waals surface area contributed by atoms with Crippen molar-refractivity contribution in [3.8, 4) is 0 Å². The van der Waals surface area contributed by atoms with Crippen LogP contribution in [0.2, 0.25) is 0 Å². The van der Waals surface area contributed by atoms with E-state index >= 15 is 0 Å². The lowest BCUT2D eigenvalue weighted by atomic mass is 9.91. The first-order valence-electron chi connectivity index (χ1n) is 7.13. The highest BCUT2D eigenvalue weighted by Gasteiger charge is 2.26. The fourth-order valence-electron chi connectivity index (χ4n) is 2.29. The van der Waals surface area contributed by atoms with E-state index in [4.69, 9.17) is 4.74 Å². The van der Waals surface area contributed by atoms with Crippen LogP contribution in [-0.2, 0) is 16.1 Å². The molecule has 0 unspecified atom stereocenters. The van der Waals surface area contributed by atoms with Gasteiger partial charge < -0.3 is 15.2 Å². The van der Waals surface area contributed by atoms with Crippen LogP contribution < -0.4 is 5.32 Å². The van der Waals surface area contributed by atoms with Crippen LogP contribution in [0.15, 0.2) is 54.1 Å². The van der Waals surface area contributed by atoms with E-state index in [0.717, 1.165) is 5.56 Å². The molecular weight excluding hydrogens is 282 g/mol. The summed E-state index contributed by atoms with van der Waals surface area (Å²) in [5.74, 6) is -0.839. The van der Waals surface area contributed by atoms with Crippen LogP contribution in [0.1, 0.15) is 18.9 Å². The number of nitrogens with one attached hydrogen (secondary N) is 1. The molecule has 1 aliphatic carbocycles. The van der Waals surface area contributed by atoms with Gasteiger partial charge in [-0.3, -0.25) is 0 Å². The van der Waals surface area contributed by atoms with E-state index in [-0.39, 0.29) is 12.5 Å². The molecule has 0 saturated heterocycles. The standard InChI is InChI=1S/C17H19NO4/c1-12-6-5-9-14(10-12)15(16(19)20)18-17(21)22-11-13-7-3-2-4-8-13/h2-9,12,15H,10-11H2,1H3,(H,18,21)(H,19,20)/t12-,15-/m0/s1. The third-order valence-electron chi connectivity index (χ3n) is 3.40. The van der Waals surface area contributed by atoms with Crippen LogP contribution in [0.5, 0.6) is 0 Å². The largest absolute Gasteiger partial charge is 0.479 e. The Balaban J connectivity index is 1.93. The van der Waals surface area contributed by atoms with Crippen LogP contribution in [0.25, 0.3) is 0 Å². The molecule has 116 valence electrons. The summed E-state index contributed by atoms with van der Waals surface area (Å²) in [5, 5.41) is 11.7. The molecule has 0 fully saturated rings. The number of allylic oxidation sites excluding steroid dienone is 3. The highest BCUT2D eigenvalue weighted by Crippen LogP contribution is 2.21. The summed E-state index contributed by atoms with van der Waals surface area (Å²) >= 11 is 0. The van der Waals surface area contributed by atoms with Crippen molar-refractivity contribution in [3.63, 3.8) is 0 Å². The van der Waals surface area contributed by atoms with Crippen molar-refractivity contribution in [1.82, 2.24) is 5.32 Å². The van der Waals surface area contributed by atoms with Gasteiger partial charge in [0.15, 0.2) is 6.04 Å². The minimum atomic E-state index is -1.09. The molecule has 2 atom stereocenters. The highest BCUT2D eigenvalue weighted by molar-refractivity contribution is 5.83. The maximum Gasteiger partial charge on any atom is 0.408 e. The van der Waals surface area contributed by atoms with Crippen molar-refractivity contribution in [1.29, 1.82) is 0 Å². The number of alkyl carbamates (subject to hydrolysis) is 1. The van der Waals surface area contributed by atoms with Gasteiger partial charge in [-0.05, 0) is 23.5 Å². The lowest BCUT2D eigenvalue weighted by Gasteiger charge is -2.21. The fourth-order valence-corrected chi connectivity index (χ4v) is 2.29. The number of ether oxygens (including phenoxy) is 1. The van der Waals surface area contributed by atoms with Crippen molar-refractivity contribution < 1.29 is 19.4 Å². The summed E-state index contributed by atoms with van der Waals surface area (Å²) in [6.45, 7) is 2.10. The molecule has 1 aromatic carbocycles. The summed E-state index contributed by atoms with van der Waals surface area (Å²) in [6, 6.07) is 8.16. The summed E-state index contributed by atoms with van der Waals surface area (Å²) in [7, 11) is 0. The number of benzene rings is 1. The Morgan fingerprint density at radius 2 is 2.09 bits per heavy atom. The molecular formula is C17H19NO4. The Bertz CT molecular complexity index is 592. The second-order valence-electron chi connectivity index (χ2n) is 5.29. The molecule has 0 aliphatic heterocycles. The molecule has 1 aromatic rings. The number of carboxylic acid groups (broad SMARTS) is 1. The first kappa shape index (κ1) is 15.8. The lowest BCUT2D eigenvalue weighted by molar-refractivity contribution is -0.138. The van der Waals surface area contributed by atoms with Gasteiger partial charge in [-0.2, -0.15) is 0 Å². The number of hydrogen-bond acceptors (Lipinski definition) is 3. The average Bonchev–Trinajstić information content (AvgIpc) is 2.51. The Morgan fingerprint density at radius 3 is 2.73 bits per heavy atom. The number of carbonyl (C=O) groups excluding carboxylic acids is 1. The predicted octanol–water partition coefficient (Wildman–Crippen LogP) is 2.89. The molecule has 2 rings (SSSR count). The zero-order valence-corrected chi connectivity index (χ0v) is 12.4. The second-order valence-corrected chi connectivity index (χ2v) is 5.29. The number of carbonyl (C=O) groups is 2. The monoisotopic (exact) mass is 301 g/mol. The molecule has 0 bridgehead atoms. The molecule has 0 saturated carbocycles. The van der Waals surface area contributed by atoms with E-state index in [2.05, 4.69) is 5.32 Å². The molecule has 5 nitrogen and oxygen atoms in total. The van der Waals surface area contributed by atoms with Crippen LogP contribution in [0.3, 0.4) is 0 Å². The molecule has 5 heteroatoms. The number of hydrogen-bond donors (Lipinski definition) is 2. The summed E-state index contributed by atoms with van der Waals surface area (Å²) in [5.41, 5.74) is 1.51. The summed E-state index contributed by atoms with van der Waals surface area (Å²) in [4.78, 5) is 23.2. The SMILES string of the molecule is C[C@H]1C=CC=C([C@H](NC(=O)OCc2ccccc2)C(=O)O)C1. The van der Waals surface area contributed by atoms with Crippen molar-refractivity contribution in [2.45, 2.75) is 26.0 Å². The van der Waals surface area contributed by atoms with E-state index in [1.807, 2.05) is 49.4 Å². The van der Waals surface area contributed by atoms with Gasteiger partial charge in [-0.25, -0.2) is 9.59 Å². The maximum absolute atomic E-state index is 11.8. The minimum absolute atomic E-state index is 0.106. The Labute approximate surface area is 129 Å². The molecule has 0 heterocycles. The van der Waals surface area contributed by atoms with Gasteiger partial charge in [-0.1, -0.05) is 55.5 Å². The Hall–Kier alpha value is -2.56. The predicted molar refractivity (Wildman–Crippen MR) is 82.2 cm³/mol. The normalized spacial score (nSPS) is 18.2. The number of rotatable bonds is 5. The van der Waals surface area contributed by atoms with E-state index in [1.165, 1.54) is 0 Å². The van der Waals surface area contributed by atoms with Crippen LogP contribution in [0, 0.1) is 5.92 Å². The number of aliphatic carboxylic acids is 1. The van der Waals surface area contributed by atoms with E-state index < -0.39 is 18.1 Å². The number of amides is 1. The fraction of sp³-hybridized carbons (Fsp3) is 0.294. The van der Waals surface area contributed by atoms with Crippen molar-refractivity contribution in [2.24, 2.45) is 5.92 Å². The molecule has 1 amide bonds. The van der Waals surface area contributed by atoms with Gasteiger partial charge in [0.1, 0.15) is 6.61 Å². The molecule has 22 heavy (non-hydrogen) atoms. The highest BCUT2D eigenvalue weighted by atomic mass is 16.5. The zero-order valence-electron chi connectivity index (χ0n) is 12.4. The van der Waals surface area contributed by atoms with Crippen molar-refractivity contribution >= 4 is 12.1 Å². The smallest absolute Gasteiger partial charge is 0.408 e. The van der Waals surface area contributed by atoms with Gasteiger partial charge in [0.2, 0.25) is 0 Å². The van der Waals surface area contributed by atoms with Gasteiger partial charge in [0, 0.05) is 0 Å². The van der Waals surface area contributed by atoms with Crippen molar-refractivity contribution in [2.75, 3.05) is 0 Å². The van der Waals surface area contributed by atoms with Crippen LogP contribution in [0.4, 0.5) is 4.79 Å². The van der Waals surface area contributed by atoms with E-state index in [9.17, 15) is 14.7 Å². The lowest BCUT2D eigenvalue weighted by Crippen LogP contribution is -2.42. The Morgan fingerprint density at radius 1 is 1.36 bits per heavy atom. The first-order valence-corrected chi connectivity index (χ1v) is 7.13. The molecule has 1 aliphatic rings. The van der Waals surface area contributed by atoms with Gasteiger partial charge in [-0.15, -0.1) is 0 Å². The first-order chi connectivity index (χ1) is 10.6. The number of carboxylic acids is 1. The van der Waals surface area contributed by atoms with Crippen LogP contribution >= 0.6 is 0 Å². The van der Waals surface area contributed by atoms with Crippen LogP contribution in [-0.4, -0.2) is 23.2 Å². The van der Waals surface area contributed by atoms with E-state index in [1.54, 1.807) is 6.08 Å². The quantitative estimate of drug-likeness (QED) is 0.877. The zero-order chi connectivity index (χ0) is 15.9. The summed E-state index contributed by atoms with van der Waals surface area (Å²) in [6.07, 6.45) is 5.41.